The van der Waals surface area contributed by atoms with Gasteiger partial charge in [-0.05, 0) is 48.2 Å². The van der Waals surface area contributed by atoms with Gasteiger partial charge < -0.3 is 9.64 Å². The molecule has 0 saturated carbocycles. The van der Waals surface area contributed by atoms with E-state index in [0.29, 0.717) is 16.8 Å². The highest BCUT2D eigenvalue weighted by Gasteiger charge is 2.32. The third-order valence-electron chi connectivity index (χ3n) is 5.37. The quantitative estimate of drug-likeness (QED) is 0.827. The van der Waals surface area contributed by atoms with E-state index >= 15 is 0 Å². The summed E-state index contributed by atoms with van der Waals surface area (Å²) in [6.45, 7) is 3.75. The molecule has 1 saturated heterocycles. The van der Waals surface area contributed by atoms with E-state index in [1.165, 1.54) is 11.1 Å². The first-order valence-corrected chi connectivity index (χ1v) is 9.54. The van der Waals surface area contributed by atoms with Gasteiger partial charge in [0.2, 0.25) is 0 Å². The molecule has 1 atom stereocenters. The molecule has 0 N–H and O–H groups in total. The largest absolute Gasteiger partial charge is 0.484 e. The molecular formula is C21H23ClN2O2. The van der Waals surface area contributed by atoms with Gasteiger partial charge in [-0.15, -0.1) is 0 Å². The van der Waals surface area contributed by atoms with Crippen LogP contribution in [0.15, 0.2) is 48.5 Å². The van der Waals surface area contributed by atoms with Gasteiger partial charge in [0.25, 0.3) is 5.91 Å². The van der Waals surface area contributed by atoms with E-state index in [0.717, 1.165) is 39.0 Å². The van der Waals surface area contributed by atoms with Crippen molar-refractivity contribution in [2.45, 2.75) is 25.4 Å². The van der Waals surface area contributed by atoms with Gasteiger partial charge in [0.05, 0.1) is 0 Å². The van der Waals surface area contributed by atoms with Crippen molar-refractivity contribution in [1.29, 1.82) is 0 Å². The summed E-state index contributed by atoms with van der Waals surface area (Å²) in [7, 11) is 0. The fourth-order valence-electron chi connectivity index (χ4n) is 3.86. The molecular weight excluding hydrogens is 348 g/mol. The molecule has 2 aliphatic rings. The first kappa shape index (κ1) is 17.4. The van der Waals surface area contributed by atoms with Crippen molar-refractivity contribution in [3.8, 4) is 5.75 Å². The van der Waals surface area contributed by atoms with Crippen molar-refractivity contribution >= 4 is 17.5 Å². The van der Waals surface area contributed by atoms with Crippen molar-refractivity contribution in [3.05, 3.63) is 64.7 Å². The molecule has 2 heterocycles. The molecule has 0 aromatic heterocycles. The van der Waals surface area contributed by atoms with Crippen LogP contribution in [-0.2, 0) is 17.8 Å². The van der Waals surface area contributed by atoms with Crippen LogP contribution < -0.4 is 4.74 Å². The van der Waals surface area contributed by atoms with E-state index in [-0.39, 0.29) is 12.5 Å². The van der Waals surface area contributed by atoms with E-state index in [1.54, 1.807) is 24.3 Å². The highest BCUT2D eigenvalue weighted by molar-refractivity contribution is 6.30. The number of carbonyl (C=O) groups excluding carboxylic acids is 1. The number of hydrogen-bond acceptors (Lipinski definition) is 3. The van der Waals surface area contributed by atoms with Crippen LogP contribution >= 0.6 is 11.6 Å². The number of hydrogen-bond donors (Lipinski definition) is 0. The summed E-state index contributed by atoms with van der Waals surface area (Å²) in [5.74, 6) is 0.728. The summed E-state index contributed by atoms with van der Waals surface area (Å²) in [6.07, 6.45) is 2.13. The van der Waals surface area contributed by atoms with E-state index in [4.69, 9.17) is 16.3 Å². The Hall–Kier alpha value is -2.04. The molecule has 0 radical (unpaired) electrons. The normalized spacial score (nSPS) is 20.0. The molecule has 2 aliphatic heterocycles. The lowest BCUT2D eigenvalue weighted by molar-refractivity contribution is -0.132. The minimum Gasteiger partial charge on any atom is -0.484 e. The van der Waals surface area contributed by atoms with Crippen molar-refractivity contribution in [2.75, 3.05) is 26.2 Å². The van der Waals surface area contributed by atoms with Crippen LogP contribution in [0.3, 0.4) is 0 Å². The Balaban J connectivity index is 1.29. The average molecular weight is 371 g/mol. The number of benzene rings is 2. The molecule has 136 valence electrons. The van der Waals surface area contributed by atoms with E-state index in [1.807, 2.05) is 4.90 Å². The average Bonchev–Trinajstić information content (AvgIpc) is 3.17. The second-order valence-corrected chi connectivity index (χ2v) is 7.45. The third-order valence-corrected chi connectivity index (χ3v) is 5.62. The van der Waals surface area contributed by atoms with Crippen molar-refractivity contribution in [2.24, 2.45) is 0 Å². The zero-order valence-electron chi connectivity index (χ0n) is 14.7. The molecule has 0 spiro atoms. The van der Waals surface area contributed by atoms with Crippen molar-refractivity contribution < 1.29 is 9.53 Å². The Morgan fingerprint density at radius 1 is 1.08 bits per heavy atom. The molecule has 2 aromatic rings. The molecule has 2 aromatic carbocycles. The fourth-order valence-corrected chi connectivity index (χ4v) is 3.99. The van der Waals surface area contributed by atoms with Gasteiger partial charge >= 0.3 is 0 Å². The van der Waals surface area contributed by atoms with Gasteiger partial charge in [-0.2, -0.15) is 0 Å². The van der Waals surface area contributed by atoms with Crippen molar-refractivity contribution in [1.82, 2.24) is 9.80 Å². The van der Waals surface area contributed by atoms with Crippen LogP contribution in [0.1, 0.15) is 17.5 Å². The fraction of sp³-hybridized carbons (Fsp3) is 0.381. The molecule has 1 fully saturated rings. The van der Waals surface area contributed by atoms with E-state index in [9.17, 15) is 4.79 Å². The van der Waals surface area contributed by atoms with Crippen LogP contribution in [0.5, 0.6) is 5.75 Å². The summed E-state index contributed by atoms with van der Waals surface area (Å²) >= 11 is 5.86. The predicted molar refractivity (Wildman–Crippen MR) is 102 cm³/mol. The number of carbonyl (C=O) groups is 1. The standard InChI is InChI=1S/C21H23ClN2O2/c22-18-5-7-20(8-6-18)26-15-21(25)24-12-10-19(14-24)23-11-9-16-3-1-2-4-17(16)13-23/h1-8,19H,9-15H2/t19-/m1/s1. The number of rotatable bonds is 4. The molecule has 0 aliphatic carbocycles. The minimum absolute atomic E-state index is 0.0554. The lowest BCUT2D eigenvalue weighted by atomic mass is 9.98. The Kier molecular flexibility index (Phi) is 5.14. The van der Waals surface area contributed by atoms with Crippen molar-refractivity contribution in [3.63, 3.8) is 0 Å². The monoisotopic (exact) mass is 370 g/mol. The number of fused-ring (bicyclic) bond motifs is 1. The van der Waals surface area contributed by atoms with Gasteiger partial charge in [-0.3, -0.25) is 9.69 Å². The maximum atomic E-state index is 12.5. The highest BCUT2D eigenvalue weighted by atomic mass is 35.5. The Morgan fingerprint density at radius 2 is 1.85 bits per heavy atom. The van der Waals surface area contributed by atoms with Crippen LogP contribution in [0.4, 0.5) is 0 Å². The predicted octanol–water partition coefficient (Wildman–Crippen LogP) is 3.38. The summed E-state index contributed by atoms with van der Waals surface area (Å²) in [4.78, 5) is 16.9. The molecule has 5 heteroatoms. The maximum absolute atomic E-state index is 12.5. The molecule has 26 heavy (non-hydrogen) atoms. The smallest absolute Gasteiger partial charge is 0.260 e. The lowest BCUT2D eigenvalue weighted by Gasteiger charge is -2.33. The number of likely N-dealkylation sites (tertiary alicyclic amines) is 1. The van der Waals surface area contributed by atoms with Crippen LogP contribution in [-0.4, -0.2) is 48.0 Å². The number of halogens is 1. The Bertz CT molecular complexity index is 778. The van der Waals surface area contributed by atoms with E-state index in [2.05, 4.69) is 29.2 Å². The number of nitrogens with zero attached hydrogens (tertiary/aromatic N) is 2. The minimum atomic E-state index is 0.0554. The Morgan fingerprint density at radius 3 is 2.65 bits per heavy atom. The molecule has 0 unspecified atom stereocenters. The zero-order valence-corrected chi connectivity index (χ0v) is 15.5. The van der Waals surface area contributed by atoms with Crippen LogP contribution in [0, 0.1) is 0 Å². The summed E-state index contributed by atoms with van der Waals surface area (Å²) in [6, 6.07) is 16.2. The summed E-state index contributed by atoms with van der Waals surface area (Å²) in [5.41, 5.74) is 2.89. The number of amides is 1. The molecule has 1 amide bonds. The molecule has 4 rings (SSSR count). The SMILES string of the molecule is O=C(COc1ccc(Cl)cc1)N1CC[C@@H](N2CCc3ccccc3C2)C1. The summed E-state index contributed by atoms with van der Waals surface area (Å²) < 4.78 is 5.60. The lowest BCUT2D eigenvalue weighted by Crippen LogP contribution is -2.42. The molecule has 4 nitrogen and oxygen atoms in total. The summed E-state index contributed by atoms with van der Waals surface area (Å²) in [5, 5.41) is 0.661. The van der Waals surface area contributed by atoms with Gasteiger partial charge in [-0.1, -0.05) is 35.9 Å². The zero-order chi connectivity index (χ0) is 17.9. The second-order valence-electron chi connectivity index (χ2n) is 7.01. The first-order chi connectivity index (χ1) is 12.7. The van der Waals surface area contributed by atoms with Crippen LogP contribution in [0.2, 0.25) is 5.02 Å². The van der Waals surface area contributed by atoms with Gasteiger partial charge in [0.1, 0.15) is 5.75 Å². The van der Waals surface area contributed by atoms with E-state index < -0.39 is 0 Å². The second kappa shape index (κ2) is 7.68. The van der Waals surface area contributed by atoms with Gasteiger partial charge in [-0.25, -0.2) is 0 Å². The first-order valence-electron chi connectivity index (χ1n) is 9.16. The third kappa shape index (κ3) is 3.87. The van der Waals surface area contributed by atoms with Gasteiger partial charge in [0, 0.05) is 37.2 Å². The Labute approximate surface area is 159 Å². The topological polar surface area (TPSA) is 32.8 Å². The van der Waals surface area contributed by atoms with Gasteiger partial charge in [0.15, 0.2) is 6.61 Å². The maximum Gasteiger partial charge on any atom is 0.260 e. The van der Waals surface area contributed by atoms with Crippen LogP contribution in [0.25, 0.3) is 0 Å². The number of ether oxygens (including phenoxy) is 1. The molecule has 0 bridgehead atoms. The highest BCUT2D eigenvalue weighted by Crippen LogP contribution is 2.24.